The molecule has 0 spiro atoms. The van der Waals surface area contributed by atoms with Crippen LogP contribution in [0.5, 0.6) is 23.0 Å². The SMILES string of the molecule is CCCCCN(CCCCC)C(=O)COC(CCC)(COc1ccccc1OC)COc1ccccc1OC. The Kier molecular flexibility index (Phi) is 15.2. The quantitative estimate of drug-likeness (QED) is 0.159. The minimum absolute atomic E-state index is 0.0114. The van der Waals surface area contributed by atoms with E-state index in [4.69, 9.17) is 23.7 Å². The molecule has 0 aliphatic carbocycles. The number of para-hydroxylation sites is 4. The Morgan fingerprint density at radius 3 is 1.56 bits per heavy atom. The van der Waals surface area contributed by atoms with Gasteiger partial charge >= 0.3 is 0 Å². The summed E-state index contributed by atoms with van der Waals surface area (Å²) in [5.74, 6) is 2.53. The third kappa shape index (κ3) is 11.0. The van der Waals surface area contributed by atoms with E-state index in [-0.39, 0.29) is 25.7 Å². The zero-order valence-corrected chi connectivity index (χ0v) is 24.7. The van der Waals surface area contributed by atoms with Crippen molar-refractivity contribution in [2.75, 3.05) is 47.1 Å². The van der Waals surface area contributed by atoms with E-state index in [9.17, 15) is 4.79 Å². The molecule has 0 radical (unpaired) electrons. The van der Waals surface area contributed by atoms with Gasteiger partial charge in [0.2, 0.25) is 5.91 Å². The number of amides is 1. The third-order valence-electron chi connectivity index (χ3n) is 6.74. The number of unbranched alkanes of at least 4 members (excludes halogenated alkanes) is 4. The molecule has 7 nitrogen and oxygen atoms in total. The molecule has 1 amide bonds. The average Bonchev–Trinajstić information content (AvgIpc) is 2.97. The Labute approximate surface area is 235 Å². The van der Waals surface area contributed by atoms with Gasteiger partial charge in [-0.15, -0.1) is 0 Å². The van der Waals surface area contributed by atoms with Crippen LogP contribution in [0.4, 0.5) is 0 Å². The molecule has 0 bridgehead atoms. The first-order chi connectivity index (χ1) is 19.0. The predicted molar refractivity (Wildman–Crippen MR) is 156 cm³/mol. The first-order valence-electron chi connectivity index (χ1n) is 14.5. The monoisotopic (exact) mass is 543 g/mol. The maximum Gasteiger partial charge on any atom is 0.248 e. The topological polar surface area (TPSA) is 66.5 Å². The molecule has 218 valence electrons. The van der Waals surface area contributed by atoms with Crippen LogP contribution in [0.15, 0.2) is 48.5 Å². The van der Waals surface area contributed by atoms with Crippen molar-refractivity contribution in [3.63, 3.8) is 0 Å². The molecule has 0 saturated carbocycles. The lowest BCUT2D eigenvalue weighted by Crippen LogP contribution is -2.47. The summed E-state index contributed by atoms with van der Waals surface area (Å²) in [6, 6.07) is 15.1. The lowest BCUT2D eigenvalue weighted by molar-refractivity contribution is -0.151. The van der Waals surface area contributed by atoms with Crippen molar-refractivity contribution in [3.8, 4) is 23.0 Å². The summed E-state index contributed by atoms with van der Waals surface area (Å²) in [7, 11) is 3.24. The molecule has 0 unspecified atom stereocenters. The van der Waals surface area contributed by atoms with E-state index < -0.39 is 5.60 Å². The number of hydrogen-bond donors (Lipinski definition) is 0. The number of hydrogen-bond acceptors (Lipinski definition) is 6. The van der Waals surface area contributed by atoms with Crippen LogP contribution in [0.2, 0.25) is 0 Å². The highest BCUT2D eigenvalue weighted by molar-refractivity contribution is 5.77. The molecule has 0 fully saturated rings. The van der Waals surface area contributed by atoms with E-state index in [2.05, 4.69) is 20.8 Å². The van der Waals surface area contributed by atoms with Gasteiger partial charge in [-0.25, -0.2) is 0 Å². The highest BCUT2D eigenvalue weighted by Gasteiger charge is 2.35. The van der Waals surface area contributed by atoms with Gasteiger partial charge in [-0.1, -0.05) is 77.1 Å². The molecule has 0 heterocycles. The van der Waals surface area contributed by atoms with Gasteiger partial charge in [0.25, 0.3) is 0 Å². The van der Waals surface area contributed by atoms with Gasteiger partial charge in [-0.05, 0) is 43.5 Å². The van der Waals surface area contributed by atoms with Crippen LogP contribution in [0.3, 0.4) is 0 Å². The zero-order valence-electron chi connectivity index (χ0n) is 24.7. The minimum Gasteiger partial charge on any atom is -0.493 e. The van der Waals surface area contributed by atoms with Crippen molar-refractivity contribution in [1.29, 1.82) is 0 Å². The summed E-state index contributed by atoms with van der Waals surface area (Å²) in [6.45, 7) is 8.34. The number of nitrogens with zero attached hydrogens (tertiary/aromatic N) is 1. The van der Waals surface area contributed by atoms with Crippen molar-refractivity contribution in [3.05, 3.63) is 48.5 Å². The molecule has 2 aromatic rings. The molecular weight excluding hydrogens is 494 g/mol. The van der Waals surface area contributed by atoms with E-state index in [0.29, 0.717) is 29.4 Å². The number of methoxy groups -OCH3 is 2. The summed E-state index contributed by atoms with van der Waals surface area (Å²) < 4.78 is 30.0. The number of benzene rings is 2. The average molecular weight is 544 g/mol. The standard InChI is InChI=1S/C32H49NO6/c1-6-9-15-22-33(23-16-10-7-2)31(34)24-39-32(21-8-3,25-37-29-19-13-11-17-27(29)35-4)26-38-30-20-14-12-18-28(30)36-5/h11-14,17-20H,6-10,15-16,21-26H2,1-5H3. The van der Waals surface area contributed by atoms with Crippen molar-refractivity contribution in [2.24, 2.45) is 0 Å². The first kappa shape index (κ1) is 32.3. The summed E-state index contributed by atoms with van der Waals surface area (Å²) in [4.78, 5) is 15.4. The Hall–Kier alpha value is -2.93. The number of rotatable bonds is 21. The fourth-order valence-electron chi connectivity index (χ4n) is 4.46. The molecule has 0 saturated heterocycles. The van der Waals surface area contributed by atoms with Gasteiger partial charge in [0, 0.05) is 13.1 Å². The molecule has 2 aromatic carbocycles. The molecule has 0 atom stereocenters. The predicted octanol–water partition coefficient (Wildman–Crippen LogP) is 6.93. The smallest absolute Gasteiger partial charge is 0.248 e. The Morgan fingerprint density at radius 2 is 1.15 bits per heavy atom. The van der Waals surface area contributed by atoms with Gasteiger partial charge in [0.05, 0.1) is 14.2 Å². The maximum absolute atomic E-state index is 13.4. The van der Waals surface area contributed by atoms with Gasteiger partial charge < -0.3 is 28.6 Å². The fourth-order valence-corrected chi connectivity index (χ4v) is 4.46. The van der Waals surface area contributed by atoms with E-state index >= 15 is 0 Å². The molecule has 0 aliphatic heterocycles. The van der Waals surface area contributed by atoms with Gasteiger partial charge in [0.15, 0.2) is 23.0 Å². The lowest BCUT2D eigenvalue weighted by Gasteiger charge is -2.34. The van der Waals surface area contributed by atoms with Crippen molar-refractivity contribution >= 4 is 5.91 Å². The number of carbonyl (C=O) groups is 1. The Morgan fingerprint density at radius 1 is 0.692 bits per heavy atom. The molecular formula is C32H49NO6. The number of carbonyl (C=O) groups excluding carboxylic acids is 1. The van der Waals surface area contributed by atoms with Crippen LogP contribution in [0, 0.1) is 0 Å². The van der Waals surface area contributed by atoms with Crippen LogP contribution >= 0.6 is 0 Å². The van der Waals surface area contributed by atoms with Gasteiger partial charge in [-0.3, -0.25) is 4.79 Å². The van der Waals surface area contributed by atoms with Crippen molar-refractivity contribution in [1.82, 2.24) is 4.90 Å². The fraction of sp³-hybridized carbons (Fsp3) is 0.594. The van der Waals surface area contributed by atoms with Crippen LogP contribution in [0.1, 0.15) is 72.1 Å². The van der Waals surface area contributed by atoms with E-state index in [0.717, 1.165) is 58.0 Å². The largest absolute Gasteiger partial charge is 0.493 e. The third-order valence-corrected chi connectivity index (χ3v) is 6.74. The summed E-state index contributed by atoms with van der Waals surface area (Å²) >= 11 is 0. The van der Waals surface area contributed by atoms with Crippen LogP contribution < -0.4 is 18.9 Å². The van der Waals surface area contributed by atoms with Crippen molar-refractivity contribution < 1.29 is 28.5 Å². The van der Waals surface area contributed by atoms with Crippen LogP contribution in [0.25, 0.3) is 0 Å². The Bertz CT molecular complexity index is 888. The summed E-state index contributed by atoms with van der Waals surface area (Å²) in [5.41, 5.74) is -0.857. The second-order valence-electron chi connectivity index (χ2n) is 9.90. The highest BCUT2D eigenvalue weighted by atomic mass is 16.6. The lowest BCUT2D eigenvalue weighted by atomic mass is 9.99. The molecule has 7 heteroatoms. The summed E-state index contributed by atoms with van der Waals surface area (Å²) in [6.07, 6.45) is 7.94. The molecule has 0 aliphatic rings. The van der Waals surface area contributed by atoms with Crippen molar-refractivity contribution in [2.45, 2.75) is 77.7 Å². The molecule has 39 heavy (non-hydrogen) atoms. The number of ether oxygens (including phenoxy) is 5. The van der Waals surface area contributed by atoms with Gasteiger partial charge in [0.1, 0.15) is 25.4 Å². The van der Waals surface area contributed by atoms with Gasteiger partial charge in [-0.2, -0.15) is 0 Å². The van der Waals surface area contributed by atoms with E-state index in [1.54, 1.807) is 14.2 Å². The molecule has 0 N–H and O–H groups in total. The van der Waals surface area contributed by atoms with Crippen LogP contribution in [-0.4, -0.2) is 63.5 Å². The first-order valence-corrected chi connectivity index (χ1v) is 14.5. The normalized spacial score (nSPS) is 11.2. The highest BCUT2D eigenvalue weighted by Crippen LogP contribution is 2.31. The zero-order chi connectivity index (χ0) is 28.3. The minimum atomic E-state index is -0.857. The molecule has 2 rings (SSSR count). The van der Waals surface area contributed by atoms with Crippen LogP contribution in [-0.2, 0) is 9.53 Å². The summed E-state index contributed by atoms with van der Waals surface area (Å²) in [5, 5.41) is 0. The van der Waals surface area contributed by atoms with E-state index in [1.165, 1.54) is 0 Å². The maximum atomic E-state index is 13.4. The molecule has 0 aromatic heterocycles. The second-order valence-corrected chi connectivity index (χ2v) is 9.90. The Balaban J connectivity index is 2.24. The second kappa shape index (κ2) is 18.4. The van der Waals surface area contributed by atoms with E-state index in [1.807, 2.05) is 53.4 Å².